The van der Waals surface area contributed by atoms with Crippen LogP contribution in [0.3, 0.4) is 0 Å². The van der Waals surface area contributed by atoms with Crippen molar-refractivity contribution in [2.75, 3.05) is 30.8 Å². The van der Waals surface area contributed by atoms with Crippen molar-refractivity contribution in [3.63, 3.8) is 0 Å². The third-order valence-corrected chi connectivity index (χ3v) is 4.33. The zero-order chi connectivity index (χ0) is 21.9. The van der Waals surface area contributed by atoms with Gasteiger partial charge in [-0.25, -0.2) is 9.97 Å². The fraction of sp³-hybridized carbons (Fsp3) is 0.222. The van der Waals surface area contributed by atoms with Crippen molar-refractivity contribution in [1.29, 1.82) is 0 Å². The first-order chi connectivity index (χ1) is 14.1. The molecule has 2 amide bonds. The van der Waals surface area contributed by atoms with Gasteiger partial charge in [0.2, 0.25) is 17.6 Å². The smallest absolute Gasteiger partial charge is 0.334 e. The highest BCUT2D eigenvalue weighted by Crippen LogP contribution is 2.29. The van der Waals surface area contributed by atoms with Crippen LogP contribution in [0, 0.1) is 0 Å². The molecule has 0 saturated heterocycles. The average molecular weight is 485 g/mol. The lowest BCUT2D eigenvalue weighted by molar-refractivity contribution is -0.144. The Balaban J connectivity index is 1.54. The van der Waals surface area contributed by atoms with Crippen LogP contribution >= 0.6 is 15.9 Å². The molecule has 3 N–H and O–H groups in total. The van der Waals surface area contributed by atoms with Crippen molar-refractivity contribution in [3.05, 3.63) is 46.8 Å². The Morgan fingerprint density at radius 2 is 1.83 bits per heavy atom. The predicted molar refractivity (Wildman–Crippen MR) is 108 cm³/mol. The van der Waals surface area contributed by atoms with Crippen LogP contribution < -0.4 is 10.6 Å². The number of carbonyl (C=O) groups excluding carboxylic acids is 2. The third kappa shape index (κ3) is 5.76. The van der Waals surface area contributed by atoms with Gasteiger partial charge in [-0.2, -0.15) is 13.2 Å². The van der Waals surface area contributed by atoms with E-state index in [1.807, 2.05) is 0 Å². The maximum Gasteiger partial charge on any atom is 0.449 e. The number of likely N-dealkylation sites (N-methyl/N-ethyl adjacent to an activating group) is 1. The molecule has 3 aromatic rings. The normalized spacial score (nSPS) is 11.7. The number of hydrogen-bond acceptors (Lipinski definition) is 5. The summed E-state index contributed by atoms with van der Waals surface area (Å²) in [7, 11) is 1.59. The van der Waals surface area contributed by atoms with Crippen LogP contribution in [0.1, 0.15) is 5.82 Å². The lowest BCUT2D eigenvalue weighted by Gasteiger charge is -2.16. The SMILES string of the molecule is CN(CC(=O)Nc1ccc2nc(C(F)(F)F)[nH]c2c1)CC(=O)Nc1ccc(Br)cn1. The summed E-state index contributed by atoms with van der Waals surface area (Å²) in [6.45, 7) is -0.157. The van der Waals surface area contributed by atoms with Gasteiger partial charge < -0.3 is 15.6 Å². The molecule has 30 heavy (non-hydrogen) atoms. The van der Waals surface area contributed by atoms with E-state index >= 15 is 0 Å². The molecule has 0 unspecified atom stereocenters. The van der Waals surface area contributed by atoms with Gasteiger partial charge in [-0.05, 0) is 53.3 Å². The van der Waals surface area contributed by atoms with Gasteiger partial charge in [0.05, 0.1) is 24.1 Å². The monoisotopic (exact) mass is 484 g/mol. The molecule has 0 spiro atoms. The van der Waals surface area contributed by atoms with Crippen molar-refractivity contribution >= 4 is 50.3 Å². The number of carbonyl (C=O) groups is 2. The number of amides is 2. The Labute approximate surface area is 177 Å². The summed E-state index contributed by atoms with van der Waals surface area (Å²) < 4.78 is 39.0. The van der Waals surface area contributed by atoms with Gasteiger partial charge in [-0.15, -0.1) is 0 Å². The van der Waals surface area contributed by atoms with Gasteiger partial charge in [0.15, 0.2) is 0 Å². The zero-order valence-corrected chi connectivity index (χ0v) is 17.1. The lowest BCUT2D eigenvalue weighted by Crippen LogP contribution is -2.36. The van der Waals surface area contributed by atoms with Gasteiger partial charge in [0.1, 0.15) is 5.82 Å². The van der Waals surface area contributed by atoms with Crippen LogP contribution in [0.2, 0.25) is 0 Å². The third-order valence-electron chi connectivity index (χ3n) is 3.86. The second kappa shape index (κ2) is 8.79. The summed E-state index contributed by atoms with van der Waals surface area (Å²) in [5.41, 5.74) is 0.590. The van der Waals surface area contributed by atoms with Crippen LogP contribution in [-0.4, -0.2) is 51.8 Å². The number of nitrogens with one attached hydrogen (secondary N) is 3. The van der Waals surface area contributed by atoms with E-state index in [2.05, 4.69) is 41.5 Å². The van der Waals surface area contributed by atoms with Crippen LogP contribution in [0.15, 0.2) is 41.0 Å². The minimum absolute atomic E-state index is 0.0559. The molecule has 0 atom stereocenters. The number of anilines is 2. The number of benzene rings is 1. The van der Waals surface area contributed by atoms with Gasteiger partial charge in [0, 0.05) is 16.4 Å². The molecule has 158 valence electrons. The number of hydrogen-bond donors (Lipinski definition) is 3. The Morgan fingerprint density at radius 3 is 2.47 bits per heavy atom. The molecule has 1 aromatic carbocycles. The van der Waals surface area contributed by atoms with E-state index in [4.69, 9.17) is 0 Å². The number of halogens is 4. The standard InChI is InChI=1S/C18H16BrF3N6O2/c1-28(9-16(30)27-14-5-2-10(19)7-23-14)8-15(29)24-11-3-4-12-13(6-11)26-17(25-12)18(20,21)22/h2-7H,8-9H2,1H3,(H,24,29)(H,25,26)(H,23,27,30). The van der Waals surface area contributed by atoms with E-state index in [9.17, 15) is 22.8 Å². The van der Waals surface area contributed by atoms with Gasteiger partial charge >= 0.3 is 6.18 Å². The first-order valence-corrected chi connectivity index (χ1v) is 9.36. The number of aromatic nitrogens is 3. The Morgan fingerprint density at radius 1 is 1.13 bits per heavy atom. The molecule has 3 rings (SSSR count). The van der Waals surface area contributed by atoms with Crippen molar-refractivity contribution in [2.45, 2.75) is 6.18 Å². The highest BCUT2D eigenvalue weighted by Gasteiger charge is 2.34. The minimum Gasteiger partial charge on any atom is -0.334 e. The molecule has 0 saturated carbocycles. The minimum atomic E-state index is -4.59. The van der Waals surface area contributed by atoms with Crippen LogP contribution in [0.4, 0.5) is 24.7 Å². The quantitative estimate of drug-likeness (QED) is 0.498. The molecule has 2 heterocycles. The van der Waals surface area contributed by atoms with Crippen molar-refractivity contribution in [2.24, 2.45) is 0 Å². The summed E-state index contributed by atoms with van der Waals surface area (Å²) in [6, 6.07) is 7.55. The fourth-order valence-corrected chi connectivity index (χ4v) is 2.84. The number of nitrogens with zero attached hydrogens (tertiary/aromatic N) is 3. The highest BCUT2D eigenvalue weighted by molar-refractivity contribution is 9.10. The number of rotatable bonds is 6. The fourth-order valence-electron chi connectivity index (χ4n) is 2.60. The van der Waals surface area contributed by atoms with E-state index in [1.165, 1.54) is 23.1 Å². The lowest BCUT2D eigenvalue weighted by atomic mass is 10.2. The first-order valence-electron chi connectivity index (χ1n) is 8.57. The molecule has 0 aliphatic rings. The van der Waals surface area contributed by atoms with Crippen LogP contribution in [0.5, 0.6) is 0 Å². The van der Waals surface area contributed by atoms with E-state index in [1.54, 1.807) is 25.4 Å². The topological polar surface area (TPSA) is 103 Å². The number of aromatic amines is 1. The number of alkyl halides is 3. The molecule has 0 fully saturated rings. The van der Waals surface area contributed by atoms with Crippen molar-refractivity contribution < 1.29 is 22.8 Å². The van der Waals surface area contributed by atoms with Crippen LogP contribution in [0.25, 0.3) is 11.0 Å². The number of imidazole rings is 1. The Kier molecular flexibility index (Phi) is 6.37. The maximum absolute atomic E-state index is 12.7. The van der Waals surface area contributed by atoms with Gasteiger partial charge in [-0.3, -0.25) is 14.5 Å². The Bertz CT molecular complexity index is 1070. The molecular formula is C18H16BrF3N6O2. The number of pyridine rings is 1. The van der Waals surface area contributed by atoms with Crippen molar-refractivity contribution in [3.8, 4) is 0 Å². The van der Waals surface area contributed by atoms with E-state index < -0.39 is 17.9 Å². The summed E-state index contributed by atoms with van der Waals surface area (Å²) in [6.07, 6.45) is -3.04. The molecule has 12 heteroatoms. The van der Waals surface area contributed by atoms with Crippen LogP contribution in [-0.2, 0) is 15.8 Å². The molecule has 0 radical (unpaired) electrons. The van der Waals surface area contributed by atoms with Crippen molar-refractivity contribution in [1.82, 2.24) is 19.9 Å². The highest BCUT2D eigenvalue weighted by atomic mass is 79.9. The summed E-state index contributed by atoms with van der Waals surface area (Å²) in [4.78, 5) is 35.4. The number of H-pyrrole nitrogens is 1. The Hall–Kier alpha value is -2.99. The second-order valence-electron chi connectivity index (χ2n) is 6.45. The zero-order valence-electron chi connectivity index (χ0n) is 15.5. The average Bonchev–Trinajstić information content (AvgIpc) is 3.07. The molecule has 0 aliphatic carbocycles. The summed E-state index contributed by atoms with van der Waals surface area (Å²) in [5, 5.41) is 5.19. The molecular weight excluding hydrogens is 469 g/mol. The van der Waals surface area contributed by atoms with E-state index in [0.717, 1.165) is 4.47 Å². The molecule has 0 bridgehead atoms. The molecule has 8 nitrogen and oxygen atoms in total. The number of fused-ring (bicyclic) bond motifs is 1. The largest absolute Gasteiger partial charge is 0.449 e. The summed E-state index contributed by atoms with van der Waals surface area (Å²) in [5.74, 6) is -1.50. The maximum atomic E-state index is 12.7. The van der Waals surface area contributed by atoms with E-state index in [-0.39, 0.29) is 30.0 Å². The molecule has 2 aromatic heterocycles. The predicted octanol–water partition coefficient (Wildman–Crippen LogP) is 3.25. The van der Waals surface area contributed by atoms with Gasteiger partial charge in [0.25, 0.3) is 0 Å². The second-order valence-corrected chi connectivity index (χ2v) is 7.36. The van der Waals surface area contributed by atoms with Gasteiger partial charge in [-0.1, -0.05) is 0 Å². The summed E-state index contributed by atoms with van der Waals surface area (Å²) >= 11 is 3.25. The first kappa shape index (κ1) is 21.7. The van der Waals surface area contributed by atoms with E-state index in [0.29, 0.717) is 11.5 Å². The molecule has 0 aliphatic heterocycles.